The first-order valence-corrected chi connectivity index (χ1v) is 10.7. The van der Waals surface area contributed by atoms with Crippen LogP contribution in [0.3, 0.4) is 0 Å². The normalized spacial score (nSPS) is 11.1. The average Bonchev–Trinajstić information content (AvgIpc) is 2.57. The minimum atomic E-state index is -3.81. The number of carbonyl (C=O) groups excluding carboxylic acids is 1. The molecule has 0 aromatic heterocycles. The molecule has 146 valence electrons. The second kappa shape index (κ2) is 9.01. The zero-order valence-electron chi connectivity index (χ0n) is 14.5. The number of ether oxygens (including phenoxy) is 1. The smallest absolute Gasteiger partial charge is 0.245 e. The summed E-state index contributed by atoms with van der Waals surface area (Å²) in [4.78, 5) is 12.4. The highest BCUT2D eigenvalue weighted by molar-refractivity contribution is 7.92. The quantitative estimate of drug-likeness (QED) is 0.631. The van der Waals surface area contributed by atoms with Gasteiger partial charge in [-0.2, -0.15) is 0 Å². The number of hydrogen-bond acceptors (Lipinski definition) is 4. The fourth-order valence-electron chi connectivity index (χ4n) is 2.22. The predicted molar refractivity (Wildman–Crippen MR) is 110 cm³/mol. The van der Waals surface area contributed by atoms with Crippen LogP contribution in [0.2, 0.25) is 15.1 Å². The van der Waals surface area contributed by atoms with Crippen LogP contribution in [0, 0.1) is 0 Å². The van der Waals surface area contributed by atoms with Crippen molar-refractivity contribution in [2.24, 2.45) is 0 Å². The van der Waals surface area contributed by atoms with Crippen molar-refractivity contribution in [3.05, 3.63) is 51.5 Å². The number of hydrogen-bond donors (Lipinski definition) is 1. The molecule has 0 fully saturated rings. The first-order valence-electron chi connectivity index (χ1n) is 7.76. The molecule has 0 aliphatic carbocycles. The molecular formula is C17H17Cl3N2O4S. The van der Waals surface area contributed by atoms with Gasteiger partial charge in [0.2, 0.25) is 15.9 Å². The number of nitrogens with one attached hydrogen (secondary N) is 1. The second-order valence-corrected chi connectivity index (χ2v) is 8.62. The molecule has 1 N–H and O–H groups in total. The molecule has 6 nitrogen and oxygen atoms in total. The number of amides is 1. The third-order valence-electron chi connectivity index (χ3n) is 3.40. The van der Waals surface area contributed by atoms with Gasteiger partial charge in [0.1, 0.15) is 12.3 Å². The van der Waals surface area contributed by atoms with Crippen molar-refractivity contribution in [3.63, 3.8) is 0 Å². The van der Waals surface area contributed by atoms with E-state index >= 15 is 0 Å². The van der Waals surface area contributed by atoms with Crippen LogP contribution in [0.25, 0.3) is 0 Å². The van der Waals surface area contributed by atoms with Crippen LogP contribution in [0.5, 0.6) is 5.75 Å². The van der Waals surface area contributed by atoms with Crippen molar-refractivity contribution in [2.75, 3.05) is 29.0 Å². The maximum atomic E-state index is 12.4. The predicted octanol–water partition coefficient (Wildman–Crippen LogP) is 4.45. The van der Waals surface area contributed by atoms with Crippen molar-refractivity contribution in [1.82, 2.24) is 0 Å². The topological polar surface area (TPSA) is 75.7 Å². The molecule has 0 unspecified atom stereocenters. The van der Waals surface area contributed by atoms with Gasteiger partial charge in [0.15, 0.2) is 0 Å². The van der Waals surface area contributed by atoms with E-state index in [-0.39, 0.29) is 20.8 Å². The summed E-state index contributed by atoms with van der Waals surface area (Å²) < 4.78 is 30.6. The Balaban J connectivity index is 2.22. The summed E-state index contributed by atoms with van der Waals surface area (Å²) in [5.74, 6) is 0.113. The van der Waals surface area contributed by atoms with Crippen molar-refractivity contribution in [2.45, 2.75) is 6.92 Å². The zero-order valence-corrected chi connectivity index (χ0v) is 17.6. The third kappa shape index (κ3) is 5.90. The van der Waals surface area contributed by atoms with Crippen LogP contribution in [0.1, 0.15) is 6.92 Å². The molecule has 0 saturated carbocycles. The second-order valence-electron chi connectivity index (χ2n) is 5.49. The third-order valence-corrected chi connectivity index (χ3v) is 5.55. The van der Waals surface area contributed by atoms with Gasteiger partial charge in [0, 0.05) is 5.69 Å². The standard InChI is InChI=1S/C17H17Cl3N2O4S/c1-3-26-12-6-4-11(5-7-12)21-17(23)10-22(27(2,24)25)16-9-14(19)13(18)8-15(16)20/h4-9H,3,10H2,1-2H3,(H,21,23). The summed E-state index contributed by atoms with van der Waals surface area (Å²) >= 11 is 17.9. The van der Waals surface area contributed by atoms with Gasteiger partial charge in [0.05, 0.1) is 33.6 Å². The molecule has 0 aliphatic heterocycles. The van der Waals surface area contributed by atoms with Gasteiger partial charge >= 0.3 is 0 Å². The van der Waals surface area contributed by atoms with E-state index in [1.54, 1.807) is 24.3 Å². The fourth-order valence-corrected chi connectivity index (χ4v) is 3.77. The highest BCUT2D eigenvalue weighted by Gasteiger charge is 2.24. The van der Waals surface area contributed by atoms with E-state index in [1.165, 1.54) is 12.1 Å². The minimum absolute atomic E-state index is 0.0590. The molecular weight excluding hydrogens is 435 g/mol. The number of sulfonamides is 1. The lowest BCUT2D eigenvalue weighted by Crippen LogP contribution is -2.37. The Hall–Kier alpha value is -1.67. The summed E-state index contributed by atoms with van der Waals surface area (Å²) in [5, 5.41) is 2.99. The minimum Gasteiger partial charge on any atom is -0.494 e. The highest BCUT2D eigenvalue weighted by Crippen LogP contribution is 2.35. The van der Waals surface area contributed by atoms with E-state index in [1.807, 2.05) is 6.92 Å². The van der Waals surface area contributed by atoms with Crippen LogP contribution in [0.15, 0.2) is 36.4 Å². The van der Waals surface area contributed by atoms with Gasteiger partial charge < -0.3 is 10.1 Å². The van der Waals surface area contributed by atoms with E-state index in [2.05, 4.69) is 5.32 Å². The number of rotatable bonds is 7. The molecule has 0 radical (unpaired) electrons. The van der Waals surface area contributed by atoms with Crippen molar-refractivity contribution >= 4 is 62.1 Å². The molecule has 0 heterocycles. The van der Waals surface area contributed by atoms with Gasteiger partial charge in [-0.1, -0.05) is 34.8 Å². The van der Waals surface area contributed by atoms with E-state index in [9.17, 15) is 13.2 Å². The lowest BCUT2D eigenvalue weighted by atomic mass is 10.3. The lowest BCUT2D eigenvalue weighted by Gasteiger charge is -2.23. The van der Waals surface area contributed by atoms with Gasteiger partial charge in [-0.3, -0.25) is 9.10 Å². The summed E-state index contributed by atoms with van der Waals surface area (Å²) in [6.07, 6.45) is 0.968. The Morgan fingerprint density at radius 1 is 1.07 bits per heavy atom. The summed E-state index contributed by atoms with van der Waals surface area (Å²) in [6.45, 7) is 1.91. The van der Waals surface area contributed by atoms with Crippen LogP contribution in [-0.4, -0.2) is 33.7 Å². The molecule has 0 atom stereocenters. The monoisotopic (exact) mass is 450 g/mol. The summed E-state index contributed by atoms with van der Waals surface area (Å²) in [5.41, 5.74) is 0.563. The van der Waals surface area contributed by atoms with Crippen molar-refractivity contribution in [1.29, 1.82) is 0 Å². The Labute approximate surface area is 173 Å². The van der Waals surface area contributed by atoms with Gasteiger partial charge in [-0.05, 0) is 43.3 Å². The molecule has 27 heavy (non-hydrogen) atoms. The van der Waals surface area contributed by atoms with E-state index in [0.717, 1.165) is 10.6 Å². The number of anilines is 2. The van der Waals surface area contributed by atoms with Crippen molar-refractivity contribution in [3.8, 4) is 5.75 Å². The Kier molecular flexibility index (Phi) is 7.22. The van der Waals surface area contributed by atoms with Crippen LogP contribution in [-0.2, 0) is 14.8 Å². The van der Waals surface area contributed by atoms with Gasteiger partial charge in [0.25, 0.3) is 0 Å². The molecule has 2 aromatic rings. The molecule has 0 saturated heterocycles. The molecule has 0 spiro atoms. The summed E-state index contributed by atoms with van der Waals surface area (Å²) in [6, 6.07) is 9.33. The zero-order chi connectivity index (χ0) is 20.2. The first kappa shape index (κ1) is 21.6. The summed E-state index contributed by atoms with van der Waals surface area (Å²) in [7, 11) is -3.81. The van der Waals surface area contributed by atoms with E-state index < -0.39 is 22.5 Å². The molecule has 2 rings (SSSR count). The van der Waals surface area contributed by atoms with E-state index in [0.29, 0.717) is 18.0 Å². The van der Waals surface area contributed by atoms with Gasteiger partial charge in [-0.15, -0.1) is 0 Å². The Bertz CT molecular complexity index is 934. The Morgan fingerprint density at radius 3 is 2.22 bits per heavy atom. The van der Waals surface area contributed by atoms with Crippen LogP contribution >= 0.6 is 34.8 Å². The maximum absolute atomic E-state index is 12.4. The molecule has 1 amide bonds. The molecule has 0 aliphatic rings. The lowest BCUT2D eigenvalue weighted by molar-refractivity contribution is -0.114. The van der Waals surface area contributed by atoms with E-state index in [4.69, 9.17) is 39.5 Å². The first-order chi connectivity index (χ1) is 12.6. The van der Waals surface area contributed by atoms with Crippen molar-refractivity contribution < 1.29 is 17.9 Å². The van der Waals surface area contributed by atoms with Gasteiger partial charge in [-0.25, -0.2) is 8.42 Å². The number of nitrogens with zero attached hydrogens (tertiary/aromatic N) is 1. The molecule has 2 aromatic carbocycles. The number of benzene rings is 2. The molecule has 10 heteroatoms. The van der Waals surface area contributed by atoms with Crippen LogP contribution in [0.4, 0.5) is 11.4 Å². The Morgan fingerprint density at radius 2 is 1.67 bits per heavy atom. The fraction of sp³-hybridized carbons (Fsp3) is 0.235. The van der Waals surface area contributed by atoms with Crippen LogP contribution < -0.4 is 14.4 Å². The highest BCUT2D eigenvalue weighted by atomic mass is 35.5. The SMILES string of the molecule is CCOc1ccc(NC(=O)CN(c2cc(Cl)c(Cl)cc2Cl)S(C)(=O)=O)cc1. The molecule has 0 bridgehead atoms. The number of halogens is 3. The number of carbonyl (C=O) groups is 1. The average molecular weight is 452 g/mol. The maximum Gasteiger partial charge on any atom is 0.245 e. The largest absolute Gasteiger partial charge is 0.494 e.